The Morgan fingerprint density at radius 1 is 1.00 bits per heavy atom. The van der Waals surface area contributed by atoms with Crippen LogP contribution in [0.4, 0.5) is 0 Å². The maximum Gasteiger partial charge on any atom is 0.309 e. The van der Waals surface area contributed by atoms with Gasteiger partial charge < -0.3 is 4.74 Å². The van der Waals surface area contributed by atoms with Crippen molar-refractivity contribution < 1.29 is 14.3 Å². The summed E-state index contributed by atoms with van der Waals surface area (Å²) in [7, 11) is 0. The smallest absolute Gasteiger partial charge is 0.309 e. The third-order valence-electron chi connectivity index (χ3n) is 7.61. The Kier molecular flexibility index (Phi) is 7.61. The Morgan fingerprint density at radius 2 is 1.69 bits per heavy atom. The van der Waals surface area contributed by atoms with Crippen LogP contribution < -0.4 is 0 Å². The van der Waals surface area contributed by atoms with Crippen LogP contribution >= 0.6 is 0 Å². The van der Waals surface area contributed by atoms with E-state index in [1.165, 1.54) is 11.1 Å². The number of likely N-dealkylation sites (tertiary alicyclic amines) is 1. The van der Waals surface area contributed by atoms with E-state index in [4.69, 9.17) is 9.84 Å². The number of ether oxygens (including phenoxy) is 1. The lowest BCUT2D eigenvalue weighted by atomic mass is 9.77. The predicted octanol–water partition coefficient (Wildman–Crippen LogP) is 5.08. The standard InChI is InChI=1S/C30H35N3O3/c1-2-36-30(35)24-16-18-32(19-17-24)21-27(34)33-29(23-12-7-4-8-13-23)26-15-9-14-25(28(26)31-33)20-22-10-5-3-6-11-22/h3-8,10-13,20,24,26,29H,2,9,14-19,21H2,1H3/b25-20-/t26-,29-/m0/s1. The fraction of sp³-hybridized carbons (Fsp3) is 0.433. The van der Waals surface area contributed by atoms with Crippen LogP contribution in [0.25, 0.3) is 6.08 Å². The molecule has 0 unspecified atom stereocenters. The molecule has 1 saturated heterocycles. The Bertz CT molecular complexity index is 1120. The van der Waals surface area contributed by atoms with Crippen molar-refractivity contribution in [1.29, 1.82) is 0 Å². The van der Waals surface area contributed by atoms with Crippen molar-refractivity contribution in [3.8, 4) is 0 Å². The normalized spacial score (nSPS) is 23.9. The highest BCUT2D eigenvalue weighted by Crippen LogP contribution is 2.44. The van der Waals surface area contributed by atoms with Gasteiger partial charge in [-0.1, -0.05) is 60.7 Å². The molecule has 188 valence electrons. The summed E-state index contributed by atoms with van der Waals surface area (Å²) in [5.74, 6) is 0.0586. The summed E-state index contributed by atoms with van der Waals surface area (Å²) >= 11 is 0. The zero-order valence-corrected chi connectivity index (χ0v) is 21.0. The molecule has 2 atom stereocenters. The highest BCUT2D eigenvalue weighted by Gasteiger charge is 2.44. The first-order chi connectivity index (χ1) is 17.6. The second kappa shape index (κ2) is 11.2. The molecule has 0 aromatic heterocycles. The molecule has 2 aromatic rings. The van der Waals surface area contributed by atoms with Crippen LogP contribution in [0, 0.1) is 11.8 Å². The molecule has 1 aliphatic carbocycles. The second-order valence-corrected chi connectivity index (χ2v) is 9.96. The number of fused-ring (bicyclic) bond motifs is 1. The summed E-state index contributed by atoms with van der Waals surface area (Å²) in [5.41, 5.74) is 4.61. The summed E-state index contributed by atoms with van der Waals surface area (Å²) in [4.78, 5) is 27.9. The van der Waals surface area contributed by atoms with E-state index < -0.39 is 0 Å². The Labute approximate surface area is 213 Å². The summed E-state index contributed by atoms with van der Waals surface area (Å²) in [6.45, 7) is 4.01. The lowest BCUT2D eigenvalue weighted by molar-refractivity contribution is -0.149. The van der Waals surface area contributed by atoms with E-state index in [2.05, 4.69) is 47.4 Å². The molecule has 6 heteroatoms. The fourth-order valence-electron chi connectivity index (χ4n) is 5.79. The molecule has 2 heterocycles. The number of carbonyl (C=O) groups excluding carboxylic acids is 2. The number of esters is 1. The molecule has 2 fully saturated rings. The minimum absolute atomic E-state index is 0.0272. The number of nitrogens with zero attached hydrogens (tertiary/aromatic N) is 3. The van der Waals surface area contributed by atoms with Gasteiger partial charge in [-0.2, -0.15) is 5.10 Å². The predicted molar refractivity (Wildman–Crippen MR) is 141 cm³/mol. The molecule has 36 heavy (non-hydrogen) atoms. The maximum absolute atomic E-state index is 13.7. The third-order valence-corrected chi connectivity index (χ3v) is 7.61. The number of piperidine rings is 1. The lowest BCUT2D eigenvalue weighted by Crippen LogP contribution is -2.43. The van der Waals surface area contributed by atoms with Gasteiger partial charge in [-0.3, -0.25) is 14.5 Å². The minimum atomic E-state index is -0.111. The van der Waals surface area contributed by atoms with Gasteiger partial charge >= 0.3 is 5.97 Å². The molecule has 3 aliphatic rings. The van der Waals surface area contributed by atoms with Crippen LogP contribution in [0.1, 0.15) is 56.2 Å². The van der Waals surface area contributed by atoms with Gasteiger partial charge in [-0.25, -0.2) is 5.01 Å². The first kappa shape index (κ1) is 24.4. The van der Waals surface area contributed by atoms with Gasteiger partial charge in [0, 0.05) is 5.92 Å². The molecule has 0 N–H and O–H groups in total. The van der Waals surface area contributed by atoms with Crippen molar-refractivity contribution in [3.63, 3.8) is 0 Å². The van der Waals surface area contributed by atoms with E-state index in [9.17, 15) is 9.59 Å². The van der Waals surface area contributed by atoms with Crippen molar-refractivity contribution in [2.45, 2.75) is 45.1 Å². The number of carbonyl (C=O) groups is 2. The van der Waals surface area contributed by atoms with Gasteiger partial charge in [0.15, 0.2) is 0 Å². The molecule has 0 radical (unpaired) electrons. The van der Waals surface area contributed by atoms with E-state index in [0.717, 1.165) is 56.5 Å². The number of hydrazone groups is 1. The first-order valence-corrected chi connectivity index (χ1v) is 13.2. The average molecular weight is 486 g/mol. The van der Waals surface area contributed by atoms with E-state index >= 15 is 0 Å². The highest BCUT2D eigenvalue weighted by atomic mass is 16.5. The SMILES string of the molecule is CCOC(=O)C1CCN(CC(=O)N2N=C3/C(=C\c4ccccc4)CCC[C@@H]3[C@@H]2c2ccccc2)CC1. The summed E-state index contributed by atoms with van der Waals surface area (Å²) in [6.07, 6.45) is 6.80. The van der Waals surface area contributed by atoms with Gasteiger partial charge in [0.1, 0.15) is 0 Å². The van der Waals surface area contributed by atoms with Gasteiger partial charge in [0.2, 0.25) is 0 Å². The molecule has 6 nitrogen and oxygen atoms in total. The van der Waals surface area contributed by atoms with E-state index in [0.29, 0.717) is 13.2 Å². The molecular formula is C30H35N3O3. The van der Waals surface area contributed by atoms with Crippen LogP contribution in [0.5, 0.6) is 0 Å². The number of hydrogen-bond donors (Lipinski definition) is 0. The number of amides is 1. The largest absolute Gasteiger partial charge is 0.466 e. The molecular weight excluding hydrogens is 450 g/mol. The monoisotopic (exact) mass is 485 g/mol. The topological polar surface area (TPSA) is 62.2 Å². The lowest BCUT2D eigenvalue weighted by Gasteiger charge is -2.33. The van der Waals surface area contributed by atoms with Gasteiger partial charge in [0.05, 0.1) is 30.8 Å². The van der Waals surface area contributed by atoms with E-state index in [-0.39, 0.29) is 29.8 Å². The zero-order chi connectivity index (χ0) is 24.9. The highest BCUT2D eigenvalue weighted by molar-refractivity contribution is 6.08. The molecule has 5 rings (SSSR count). The Balaban J connectivity index is 1.36. The van der Waals surface area contributed by atoms with Gasteiger partial charge in [-0.15, -0.1) is 0 Å². The van der Waals surface area contributed by atoms with Crippen molar-refractivity contribution in [2.24, 2.45) is 16.9 Å². The fourth-order valence-corrected chi connectivity index (χ4v) is 5.79. The number of hydrogen-bond acceptors (Lipinski definition) is 5. The summed E-state index contributed by atoms with van der Waals surface area (Å²) in [6, 6.07) is 20.6. The number of benzene rings is 2. The van der Waals surface area contributed by atoms with Crippen LogP contribution in [-0.4, -0.2) is 53.7 Å². The first-order valence-electron chi connectivity index (χ1n) is 13.2. The van der Waals surface area contributed by atoms with Crippen molar-refractivity contribution >= 4 is 23.7 Å². The van der Waals surface area contributed by atoms with Crippen LogP contribution in [-0.2, 0) is 14.3 Å². The van der Waals surface area contributed by atoms with Crippen LogP contribution in [0.15, 0.2) is 71.3 Å². The molecule has 2 aromatic carbocycles. The Hall–Kier alpha value is -3.25. The van der Waals surface area contributed by atoms with Crippen LogP contribution in [0.3, 0.4) is 0 Å². The van der Waals surface area contributed by atoms with Crippen molar-refractivity contribution in [1.82, 2.24) is 9.91 Å². The van der Waals surface area contributed by atoms with Gasteiger partial charge in [0.25, 0.3) is 5.91 Å². The minimum Gasteiger partial charge on any atom is -0.466 e. The molecule has 0 bridgehead atoms. The number of allylic oxidation sites excluding steroid dienone is 1. The van der Waals surface area contributed by atoms with Crippen molar-refractivity contribution in [3.05, 3.63) is 77.4 Å². The zero-order valence-electron chi connectivity index (χ0n) is 21.0. The number of rotatable bonds is 6. The van der Waals surface area contributed by atoms with Crippen molar-refractivity contribution in [2.75, 3.05) is 26.2 Å². The molecule has 0 spiro atoms. The van der Waals surface area contributed by atoms with E-state index in [1.807, 2.05) is 31.2 Å². The third kappa shape index (κ3) is 5.29. The second-order valence-electron chi connectivity index (χ2n) is 9.96. The average Bonchev–Trinajstić information content (AvgIpc) is 3.31. The summed E-state index contributed by atoms with van der Waals surface area (Å²) in [5, 5.41) is 6.77. The van der Waals surface area contributed by atoms with E-state index in [1.54, 1.807) is 5.01 Å². The molecule has 2 aliphatic heterocycles. The molecule has 1 amide bonds. The van der Waals surface area contributed by atoms with Gasteiger partial charge in [-0.05, 0) is 74.9 Å². The summed E-state index contributed by atoms with van der Waals surface area (Å²) < 4.78 is 5.19. The molecule has 1 saturated carbocycles. The Morgan fingerprint density at radius 3 is 2.39 bits per heavy atom. The maximum atomic E-state index is 13.7. The quantitative estimate of drug-likeness (QED) is 0.535. The van der Waals surface area contributed by atoms with Crippen LogP contribution in [0.2, 0.25) is 0 Å².